The fourth-order valence-electron chi connectivity index (χ4n) is 3.02. The van der Waals surface area contributed by atoms with Crippen molar-refractivity contribution in [2.24, 2.45) is 0 Å². The van der Waals surface area contributed by atoms with Crippen molar-refractivity contribution >= 4 is 39.7 Å². The number of halogens is 1. The minimum Gasteiger partial charge on any atom is -0.343 e. The molecule has 0 aliphatic carbocycles. The van der Waals surface area contributed by atoms with Crippen LogP contribution in [0, 0.1) is 0 Å². The van der Waals surface area contributed by atoms with E-state index in [4.69, 9.17) is 0 Å². The third-order valence-electron chi connectivity index (χ3n) is 4.47. The number of carbonyl (C=O) groups is 4. The number of urea groups is 1. The van der Waals surface area contributed by atoms with Gasteiger partial charge in [-0.25, -0.2) is 4.79 Å². The zero-order chi connectivity index (χ0) is 18.0. The molecule has 0 radical (unpaired) electrons. The molecule has 1 spiro atoms. The summed E-state index contributed by atoms with van der Waals surface area (Å²) in [4.78, 5) is 49.1. The van der Waals surface area contributed by atoms with Crippen LogP contribution < -0.4 is 16.0 Å². The van der Waals surface area contributed by atoms with Crippen LogP contribution in [0.1, 0.15) is 23.2 Å². The van der Waals surface area contributed by atoms with Crippen LogP contribution in [0.3, 0.4) is 0 Å². The molecule has 0 saturated carbocycles. The van der Waals surface area contributed by atoms with Crippen molar-refractivity contribution in [1.29, 1.82) is 0 Å². The van der Waals surface area contributed by atoms with Gasteiger partial charge in [-0.3, -0.25) is 19.7 Å². The van der Waals surface area contributed by atoms with Gasteiger partial charge < -0.3 is 15.5 Å². The van der Waals surface area contributed by atoms with Crippen molar-refractivity contribution in [1.82, 2.24) is 20.9 Å². The van der Waals surface area contributed by atoms with Crippen LogP contribution in [-0.4, -0.2) is 53.8 Å². The predicted molar refractivity (Wildman–Crippen MR) is 91.7 cm³/mol. The first-order chi connectivity index (χ1) is 11.9. The zero-order valence-corrected chi connectivity index (χ0v) is 14.9. The number of hydrogen-bond acceptors (Lipinski definition) is 4. The molecule has 0 bridgehead atoms. The van der Waals surface area contributed by atoms with E-state index in [9.17, 15) is 19.2 Å². The number of nitrogens with zero attached hydrogens (tertiary/aromatic N) is 1. The third kappa shape index (κ3) is 3.65. The van der Waals surface area contributed by atoms with E-state index in [0.717, 1.165) is 4.47 Å². The fourth-order valence-corrected chi connectivity index (χ4v) is 3.42. The maximum Gasteiger partial charge on any atom is 0.322 e. The van der Waals surface area contributed by atoms with Gasteiger partial charge >= 0.3 is 6.03 Å². The van der Waals surface area contributed by atoms with E-state index in [0.29, 0.717) is 31.5 Å². The van der Waals surface area contributed by atoms with Gasteiger partial charge in [0.1, 0.15) is 5.54 Å². The average Bonchev–Trinajstić information content (AvgIpc) is 2.86. The standard InChI is InChI=1S/C16H17BrN4O4/c17-11-3-1-2-10(8-11)13(23)18-9-12(22)21-6-4-16(5-7-21)14(24)19-15(25)20-16/h1-3,8H,4-7,9H2,(H,18,23)(H2,19,20,24,25). The van der Waals surface area contributed by atoms with Crippen LogP contribution >= 0.6 is 15.9 Å². The summed E-state index contributed by atoms with van der Waals surface area (Å²) in [6.07, 6.45) is 0.714. The summed E-state index contributed by atoms with van der Waals surface area (Å²) >= 11 is 3.29. The Morgan fingerprint density at radius 2 is 1.96 bits per heavy atom. The van der Waals surface area contributed by atoms with Crippen LogP contribution in [0.15, 0.2) is 28.7 Å². The van der Waals surface area contributed by atoms with Crippen molar-refractivity contribution in [3.05, 3.63) is 34.3 Å². The van der Waals surface area contributed by atoms with Gasteiger partial charge in [0.2, 0.25) is 5.91 Å². The maximum atomic E-state index is 12.3. The summed E-state index contributed by atoms with van der Waals surface area (Å²) in [5.41, 5.74) is -0.446. The molecule has 8 nitrogen and oxygen atoms in total. The van der Waals surface area contributed by atoms with E-state index >= 15 is 0 Å². The van der Waals surface area contributed by atoms with Crippen molar-refractivity contribution in [3.8, 4) is 0 Å². The summed E-state index contributed by atoms with van der Waals surface area (Å²) in [6, 6.07) is 6.39. The summed E-state index contributed by atoms with van der Waals surface area (Å²) in [7, 11) is 0. The first kappa shape index (κ1) is 17.4. The highest BCUT2D eigenvalue weighted by atomic mass is 79.9. The Morgan fingerprint density at radius 3 is 2.56 bits per heavy atom. The van der Waals surface area contributed by atoms with Gasteiger partial charge in [0.05, 0.1) is 6.54 Å². The molecule has 132 valence electrons. The van der Waals surface area contributed by atoms with E-state index in [2.05, 4.69) is 31.9 Å². The van der Waals surface area contributed by atoms with E-state index in [1.807, 2.05) is 6.07 Å². The highest BCUT2D eigenvalue weighted by Crippen LogP contribution is 2.25. The van der Waals surface area contributed by atoms with Gasteiger partial charge in [0, 0.05) is 23.1 Å². The van der Waals surface area contributed by atoms with Crippen molar-refractivity contribution < 1.29 is 19.2 Å². The molecule has 1 aromatic carbocycles. The molecular weight excluding hydrogens is 392 g/mol. The highest BCUT2D eigenvalue weighted by molar-refractivity contribution is 9.10. The minimum atomic E-state index is -0.909. The zero-order valence-electron chi connectivity index (χ0n) is 13.3. The maximum absolute atomic E-state index is 12.3. The number of carbonyl (C=O) groups excluding carboxylic acids is 4. The molecule has 0 atom stereocenters. The number of nitrogens with one attached hydrogen (secondary N) is 3. The van der Waals surface area contributed by atoms with Gasteiger partial charge in [-0.2, -0.15) is 0 Å². The fraction of sp³-hybridized carbons (Fsp3) is 0.375. The van der Waals surface area contributed by atoms with E-state index in [1.54, 1.807) is 23.1 Å². The Labute approximate surface area is 152 Å². The topological polar surface area (TPSA) is 108 Å². The van der Waals surface area contributed by atoms with Crippen molar-refractivity contribution in [2.75, 3.05) is 19.6 Å². The van der Waals surface area contributed by atoms with Crippen molar-refractivity contribution in [3.63, 3.8) is 0 Å². The summed E-state index contributed by atoms with van der Waals surface area (Å²) < 4.78 is 0.782. The van der Waals surface area contributed by atoms with E-state index in [1.165, 1.54) is 0 Å². The Hall–Kier alpha value is -2.42. The number of piperidine rings is 1. The Bertz CT molecular complexity index is 743. The minimum absolute atomic E-state index is 0.114. The van der Waals surface area contributed by atoms with Gasteiger partial charge in [-0.15, -0.1) is 0 Å². The summed E-state index contributed by atoms with van der Waals surface area (Å²) in [5, 5.41) is 7.47. The lowest BCUT2D eigenvalue weighted by atomic mass is 9.88. The molecule has 2 aliphatic heterocycles. The quantitative estimate of drug-likeness (QED) is 0.628. The predicted octanol–water partition coefficient (Wildman–Crippen LogP) is 0.380. The molecule has 25 heavy (non-hydrogen) atoms. The van der Waals surface area contributed by atoms with Gasteiger partial charge in [-0.1, -0.05) is 22.0 Å². The lowest BCUT2D eigenvalue weighted by Crippen LogP contribution is -2.56. The molecule has 2 fully saturated rings. The Kier molecular flexibility index (Phi) is 4.76. The SMILES string of the molecule is O=C1NC(=O)C2(CCN(C(=O)CNC(=O)c3cccc(Br)c3)CC2)N1. The van der Waals surface area contributed by atoms with Crippen LogP contribution in [0.5, 0.6) is 0 Å². The molecule has 2 aliphatic rings. The van der Waals surface area contributed by atoms with Gasteiger partial charge in [-0.05, 0) is 31.0 Å². The van der Waals surface area contributed by atoms with Gasteiger partial charge in [0.25, 0.3) is 11.8 Å². The number of imide groups is 1. The molecule has 3 N–H and O–H groups in total. The second kappa shape index (κ2) is 6.83. The average molecular weight is 409 g/mol. The second-order valence-electron chi connectivity index (χ2n) is 6.06. The Balaban J connectivity index is 1.51. The monoisotopic (exact) mass is 408 g/mol. The summed E-state index contributed by atoms with van der Waals surface area (Å²) in [6.45, 7) is 0.579. The van der Waals surface area contributed by atoms with Crippen LogP contribution in [0.25, 0.3) is 0 Å². The molecular formula is C16H17BrN4O4. The number of hydrogen-bond donors (Lipinski definition) is 3. The lowest BCUT2D eigenvalue weighted by molar-refractivity contribution is -0.134. The number of benzene rings is 1. The second-order valence-corrected chi connectivity index (χ2v) is 6.98. The molecule has 2 heterocycles. The largest absolute Gasteiger partial charge is 0.343 e. The van der Waals surface area contributed by atoms with Crippen LogP contribution in [0.2, 0.25) is 0 Å². The van der Waals surface area contributed by atoms with Crippen LogP contribution in [-0.2, 0) is 9.59 Å². The van der Waals surface area contributed by atoms with Crippen molar-refractivity contribution in [2.45, 2.75) is 18.4 Å². The molecule has 1 aromatic rings. The molecule has 0 aromatic heterocycles. The molecule has 2 saturated heterocycles. The smallest absolute Gasteiger partial charge is 0.322 e. The lowest BCUT2D eigenvalue weighted by Gasteiger charge is -2.37. The van der Waals surface area contributed by atoms with E-state index < -0.39 is 11.6 Å². The first-order valence-corrected chi connectivity index (χ1v) is 8.64. The Morgan fingerprint density at radius 1 is 1.24 bits per heavy atom. The molecule has 5 amide bonds. The molecule has 3 rings (SSSR count). The first-order valence-electron chi connectivity index (χ1n) is 7.85. The highest BCUT2D eigenvalue weighted by Gasteiger charge is 2.48. The number of rotatable bonds is 3. The molecule has 0 unspecified atom stereocenters. The van der Waals surface area contributed by atoms with Gasteiger partial charge in [0.15, 0.2) is 0 Å². The van der Waals surface area contributed by atoms with Crippen LogP contribution in [0.4, 0.5) is 4.79 Å². The van der Waals surface area contributed by atoms with E-state index in [-0.39, 0.29) is 24.3 Å². The number of amides is 5. The summed E-state index contributed by atoms with van der Waals surface area (Å²) in [5.74, 6) is -0.888. The molecule has 9 heteroatoms. The normalized spacial score (nSPS) is 18.7. The third-order valence-corrected chi connectivity index (χ3v) is 4.96. The number of likely N-dealkylation sites (tertiary alicyclic amines) is 1.